The van der Waals surface area contributed by atoms with Gasteiger partial charge < -0.3 is 30.2 Å². The van der Waals surface area contributed by atoms with Crippen LogP contribution >= 0.6 is 11.8 Å². The normalized spacial score (nSPS) is 12.0. The van der Waals surface area contributed by atoms with Crippen LogP contribution < -0.4 is 30.2 Å². The number of amides is 3. The van der Waals surface area contributed by atoms with Gasteiger partial charge in [0.05, 0.1) is 32.1 Å². The molecule has 9 nitrogen and oxygen atoms in total. The predicted octanol–water partition coefficient (Wildman–Crippen LogP) is 7.26. The number of alkyl halides is 3. The van der Waals surface area contributed by atoms with Crippen LogP contribution in [-0.4, -0.2) is 44.3 Å². The van der Waals surface area contributed by atoms with E-state index in [1.54, 1.807) is 73.7 Å². The summed E-state index contributed by atoms with van der Waals surface area (Å²) < 4.78 is 55.3. The molecule has 0 radical (unpaired) electrons. The fourth-order valence-electron chi connectivity index (χ4n) is 4.38. The van der Waals surface area contributed by atoms with Crippen molar-refractivity contribution in [2.75, 3.05) is 32.0 Å². The van der Waals surface area contributed by atoms with E-state index in [0.29, 0.717) is 39.0 Å². The second-order valence-corrected chi connectivity index (χ2v) is 11.6. The van der Waals surface area contributed by atoms with Crippen molar-refractivity contribution in [1.29, 1.82) is 0 Å². The van der Waals surface area contributed by atoms with Crippen LogP contribution in [0.2, 0.25) is 0 Å². The monoisotopic (exact) mass is 679 g/mol. The molecule has 1 unspecified atom stereocenters. The summed E-state index contributed by atoms with van der Waals surface area (Å²) in [5, 5.41) is 7.30. The number of methoxy groups -OCH3 is 3. The first-order valence-electron chi connectivity index (χ1n) is 14.4. The van der Waals surface area contributed by atoms with Gasteiger partial charge in [0.2, 0.25) is 11.7 Å². The molecule has 4 aromatic rings. The topological polar surface area (TPSA) is 115 Å². The Morgan fingerprint density at radius 2 is 1.42 bits per heavy atom. The lowest BCUT2D eigenvalue weighted by atomic mass is 10.1. The molecule has 0 saturated carbocycles. The first-order valence-corrected chi connectivity index (χ1v) is 15.2. The first kappa shape index (κ1) is 35.4. The summed E-state index contributed by atoms with van der Waals surface area (Å²) in [6, 6.07) is 22.7. The Morgan fingerprint density at radius 1 is 0.771 bits per heavy atom. The Bertz CT molecular complexity index is 1770. The number of benzene rings is 4. The molecule has 0 bridgehead atoms. The van der Waals surface area contributed by atoms with Crippen LogP contribution in [0.25, 0.3) is 6.08 Å². The highest BCUT2D eigenvalue weighted by Crippen LogP contribution is 2.39. The average Bonchev–Trinajstić information content (AvgIpc) is 3.08. The van der Waals surface area contributed by atoms with Crippen LogP contribution in [-0.2, 0) is 15.8 Å². The summed E-state index contributed by atoms with van der Waals surface area (Å²) in [4.78, 5) is 39.9. The zero-order valence-corrected chi connectivity index (χ0v) is 27.1. The minimum absolute atomic E-state index is 0.0371. The molecular weight excluding hydrogens is 647 g/mol. The summed E-state index contributed by atoms with van der Waals surface area (Å²) in [6.07, 6.45) is -3.06. The van der Waals surface area contributed by atoms with Gasteiger partial charge >= 0.3 is 6.18 Å². The van der Waals surface area contributed by atoms with Gasteiger partial charge in [0.25, 0.3) is 11.8 Å². The molecule has 13 heteroatoms. The lowest BCUT2D eigenvalue weighted by Gasteiger charge is -2.15. The fourth-order valence-corrected chi connectivity index (χ4v) is 5.25. The number of hydrogen-bond acceptors (Lipinski definition) is 7. The van der Waals surface area contributed by atoms with Crippen LogP contribution in [0.1, 0.15) is 28.4 Å². The summed E-state index contributed by atoms with van der Waals surface area (Å²) in [6.45, 7) is 1.62. The smallest absolute Gasteiger partial charge is 0.416 e. The van der Waals surface area contributed by atoms with Crippen molar-refractivity contribution in [3.05, 3.63) is 113 Å². The van der Waals surface area contributed by atoms with E-state index in [4.69, 9.17) is 14.2 Å². The molecule has 3 N–H and O–H groups in total. The number of thioether (sulfide) groups is 1. The van der Waals surface area contributed by atoms with Crippen molar-refractivity contribution >= 4 is 46.9 Å². The Kier molecular flexibility index (Phi) is 11.7. The Hall–Kier alpha value is -5.43. The summed E-state index contributed by atoms with van der Waals surface area (Å²) in [5.74, 6) is -0.550. The molecule has 4 aromatic carbocycles. The molecule has 0 aliphatic heterocycles. The Labute approximate surface area is 279 Å². The molecule has 250 valence electrons. The number of anilines is 2. The molecule has 0 aromatic heterocycles. The number of hydrogen-bond donors (Lipinski definition) is 3. The molecule has 0 aliphatic carbocycles. The van der Waals surface area contributed by atoms with Crippen molar-refractivity contribution in [2.24, 2.45) is 0 Å². The first-order chi connectivity index (χ1) is 22.9. The van der Waals surface area contributed by atoms with Gasteiger partial charge in [-0.3, -0.25) is 14.4 Å². The third kappa shape index (κ3) is 9.32. The van der Waals surface area contributed by atoms with E-state index < -0.39 is 34.7 Å². The van der Waals surface area contributed by atoms with Crippen molar-refractivity contribution < 1.29 is 41.8 Å². The van der Waals surface area contributed by atoms with E-state index in [2.05, 4.69) is 16.0 Å². The molecule has 0 spiro atoms. The maximum atomic E-state index is 13.5. The van der Waals surface area contributed by atoms with Crippen molar-refractivity contribution in [3.8, 4) is 17.2 Å². The van der Waals surface area contributed by atoms with Gasteiger partial charge in [-0.05, 0) is 85.3 Å². The van der Waals surface area contributed by atoms with Gasteiger partial charge in [0, 0.05) is 21.8 Å². The number of halogens is 3. The van der Waals surface area contributed by atoms with E-state index in [1.807, 2.05) is 0 Å². The molecule has 3 amide bonds. The van der Waals surface area contributed by atoms with E-state index in [1.165, 1.54) is 51.3 Å². The summed E-state index contributed by atoms with van der Waals surface area (Å²) in [7, 11) is 4.39. The van der Waals surface area contributed by atoms with Crippen LogP contribution in [0.5, 0.6) is 17.2 Å². The van der Waals surface area contributed by atoms with Crippen molar-refractivity contribution in [2.45, 2.75) is 23.2 Å². The van der Waals surface area contributed by atoms with Crippen molar-refractivity contribution in [1.82, 2.24) is 5.32 Å². The highest BCUT2D eigenvalue weighted by Gasteiger charge is 2.30. The molecule has 0 saturated heterocycles. The number of ether oxygens (including phenoxy) is 3. The maximum absolute atomic E-state index is 13.5. The summed E-state index contributed by atoms with van der Waals surface area (Å²) >= 11 is 1.18. The number of nitrogens with one attached hydrogen (secondary N) is 3. The third-order valence-corrected chi connectivity index (χ3v) is 7.89. The number of carbonyl (C=O) groups is 3. The third-order valence-electron chi connectivity index (χ3n) is 6.78. The van der Waals surface area contributed by atoms with E-state index >= 15 is 0 Å². The van der Waals surface area contributed by atoms with Gasteiger partial charge in [-0.15, -0.1) is 11.8 Å². The fraction of sp³-hybridized carbons (Fsp3) is 0.171. The molecule has 48 heavy (non-hydrogen) atoms. The van der Waals surface area contributed by atoms with Crippen LogP contribution in [0.3, 0.4) is 0 Å². The molecule has 0 fully saturated rings. The predicted molar refractivity (Wildman–Crippen MR) is 178 cm³/mol. The maximum Gasteiger partial charge on any atom is 0.416 e. The molecule has 0 heterocycles. The lowest BCUT2D eigenvalue weighted by Crippen LogP contribution is -2.30. The zero-order valence-electron chi connectivity index (χ0n) is 26.3. The molecular formula is C35H32F3N3O6S. The molecule has 1 atom stereocenters. The molecule has 0 aliphatic rings. The second-order valence-electron chi connectivity index (χ2n) is 10.1. The van der Waals surface area contributed by atoms with Gasteiger partial charge in [-0.25, -0.2) is 0 Å². The zero-order chi connectivity index (χ0) is 34.8. The van der Waals surface area contributed by atoms with Crippen LogP contribution in [0, 0.1) is 0 Å². The van der Waals surface area contributed by atoms with E-state index in [9.17, 15) is 27.6 Å². The Balaban J connectivity index is 1.50. The minimum Gasteiger partial charge on any atom is -0.493 e. The van der Waals surface area contributed by atoms with Gasteiger partial charge in [0.1, 0.15) is 5.70 Å². The Morgan fingerprint density at radius 3 is 2.00 bits per heavy atom. The summed E-state index contributed by atoms with van der Waals surface area (Å²) in [5.41, 5.74) is 0.321. The van der Waals surface area contributed by atoms with Gasteiger partial charge in [-0.2, -0.15) is 13.2 Å². The van der Waals surface area contributed by atoms with Gasteiger partial charge in [0.15, 0.2) is 11.5 Å². The average molecular weight is 680 g/mol. The van der Waals surface area contributed by atoms with Crippen molar-refractivity contribution in [3.63, 3.8) is 0 Å². The lowest BCUT2D eigenvalue weighted by molar-refractivity contribution is -0.137. The number of rotatable bonds is 12. The molecule has 4 rings (SSSR count). The van der Waals surface area contributed by atoms with Gasteiger partial charge in [-0.1, -0.05) is 24.3 Å². The van der Waals surface area contributed by atoms with E-state index in [-0.39, 0.29) is 11.4 Å². The standard InChI is InChI=1S/C35H32F3N3O6S/c1-21(32(42)40-26-12-8-11-24(20-26)35(36,37)38)48-27-15-13-25(14-16-27)39-34(44)28(41-33(43)23-9-6-5-7-10-23)17-22-18-29(45-2)31(47-4)30(19-22)46-3/h5-21H,1-4H3,(H,39,44)(H,40,42)(H,41,43)/b28-17-. The van der Waals surface area contributed by atoms with Crippen LogP contribution in [0.4, 0.5) is 24.5 Å². The SMILES string of the molecule is COc1cc(/C=C(\NC(=O)c2ccccc2)C(=O)Nc2ccc(SC(C)C(=O)Nc3cccc(C(F)(F)F)c3)cc2)cc(OC)c1OC. The van der Waals surface area contributed by atoms with Crippen LogP contribution in [0.15, 0.2) is 102 Å². The second kappa shape index (κ2) is 15.9. The highest BCUT2D eigenvalue weighted by atomic mass is 32.2. The largest absolute Gasteiger partial charge is 0.493 e. The quantitative estimate of drug-likeness (QED) is 0.107. The number of carbonyl (C=O) groups excluding carboxylic acids is 3. The van der Waals surface area contributed by atoms with E-state index in [0.717, 1.165) is 12.1 Å². The highest BCUT2D eigenvalue weighted by molar-refractivity contribution is 8.00. The minimum atomic E-state index is -4.53.